The van der Waals surface area contributed by atoms with Crippen LogP contribution in [0.3, 0.4) is 0 Å². The summed E-state index contributed by atoms with van der Waals surface area (Å²) in [5.74, 6) is 0. The molecule has 3 nitrogen and oxygen atoms in total. The molecule has 0 radical (unpaired) electrons. The highest BCUT2D eigenvalue weighted by atomic mass is 15.5. The largest absolute Gasteiger partial charge is 0.278 e. The molecule has 0 amide bonds. The van der Waals surface area contributed by atoms with E-state index in [1.165, 1.54) is 40.7 Å². The van der Waals surface area contributed by atoms with Gasteiger partial charge in [0.1, 0.15) is 0 Å². The predicted molar refractivity (Wildman–Crippen MR) is 91.4 cm³/mol. The lowest BCUT2D eigenvalue weighted by Gasteiger charge is -2.12. The lowest BCUT2D eigenvalue weighted by Crippen LogP contribution is -2.09. The molecule has 1 aliphatic heterocycles. The zero-order valence-corrected chi connectivity index (χ0v) is 13.6. The van der Waals surface area contributed by atoms with Crippen molar-refractivity contribution in [1.82, 2.24) is 5.01 Å². The van der Waals surface area contributed by atoms with E-state index in [0.29, 0.717) is 0 Å². The van der Waals surface area contributed by atoms with Crippen LogP contribution in [0.15, 0.2) is 46.7 Å². The molecule has 1 fully saturated rings. The summed E-state index contributed by atoms with van der Waals surface area (Å²) >= 11 is 0. The van der Waals surface area contributed by atoms with Gasteiger partial charge in [0.2, 0.25) is 0 Å². The van der Waals surface area contributed by atoms with Crippen molar-refractivity contribution >= 4 is 5.69 Å². The monoisotopic (exact) mass is 293 g/mol. The first-order valence-electron chi connectivity index (χ1n) is 7.98. The van der Waals surface area contributed by atoms with Gasteiger partial charge in [0, 0.05) is 13.1 Å². The molecule has 1 saturated heterocycles. The molecule has 0 bridgehead atoms. The minimum absolute atomic E-state index is 0.920. The van der Waals surface area contributed by atoms with Crippen molar-refractivity contribution in [3.8, 4) is 11.1 Å². The summed E-state index contributed by atoms with van der Waals surface area (Å²) in [5, 5.41) is 10.8. The average molecular weight is 293 g/mol. The van der Waals surface area contributed by atoms with Gasteiger partial charge in [0.05, 0.1) is 5.69 Å². The van der Waals surface area contributed by atoms with E-state index >= 15 is 0 Å². The van der Waals surface area contributed by atoms with Gasteiger partial charge in [-0.05, 0) is 68.0 Å². The van der Waals surface area contributed by atoms with Gasteiger partial charge in [-0.25, -0.2) is 0 Å². The van der Waals surface area contributed by atoms with Crippen LogP contribution < -0.4 is 0 Å². The molecule has 2 aromatic rings. The molecule has 0 aliphatic carbocycles. The van der Waals surface area contributed by atoms with Gasteiger partial charge in [0.25, 0.3) is 0 Å². The van der Waals surface area contributed by atoms with E-state index in [9.17, 15) is 0 Å². The molecule has 3 rings (SSSR count). The van der Waals surface area contributed by atoms with Crippen LogP contribution in [-0.2, 0) is 0 Å². The van der Waals surface area contributed by atoms with Crippen molar-refractivity contribution in [1.29, 1.82) is 0 Å². The Bertz CT molecular complexity index is 675. The third-order valence-corrected chi connectivity index (χ3v) is 4.18. The lowest BCUT2D eigenvalue weighted by molar-refractivity contribution is 0.336. The maximum absolute atomic E-state index is 4.40. The van der Waals surface area contributed by atoms with Crippen molar-refractivity contribution in [3.05, 3.63) is 53.1 Å². The summed E-state index contributed by atoms with van der Waals surface area (Å²) < 4.78 is 0. The Morgan fingerprint density at radius 1 is 0.909 bits per heavy atom. The Balaban J connectivity index is 1.91. The first kappa shape index (κ1) is 14.8. The highest BCUT2D eigenvalue weighted by Crippen LogP contribution is 2.31. The van der Waals surface area contributed by atoms with Gasteiger partial charge < -0.3 is 0 Å². The van der Waals surface area contributed by atoms with Crippen LogP contribution in [0.5, 0.6) is 0 Å². The Labute approximate surface area is 132 Å². The molecule has 0 N–H and O–H groups in total. The molecule has 0 spiro atoms. The Morgan fingerprint density at radius 3 is 2.27 bits per heavy atom. The molecule has 22 heavy (non-hydrogen) atoms. The molecule has 114 valence electrons. The first-order chi connectivity index (χ1) is 10.6. The molecule has 1 aliphatic rings. The zero-order chi connectivity index (χ0) is 15.5. The summed E-state index contributed by atoms with van der Waals surface area (Å²) in [6, 6.07) is 12.8. The third-order valence-electron chi connectivity index (χ3n) is 4.18. The number of rotatable bonds is 3. The molecular formula is C19H23N3. The number of benzene rings is 2. The highest BCUT2D eigenvalue weighted by molar-refractivity contribution is 5.73. The zero-order valence-electron chi connectivity index (χ0n) is 13.6. The van der Waals surface area contributed by atoms with Crippen LogP contribution >= 0.6 is 0 Å². The summed E-state index contributed by atoms with van der Waals surface area (Å²) in [6.07, 6.45) is 2.45. The molecule has 0 saturated carbocycles. The van der Waals surface area contributed by atoms with Crippen molar-refractivity contribution in [2.75, 3.05) is 13.1 Å². The predicted octanol–water partition coefficient (Wildman–Crippen LogP) is 5.37. The van der Waals surface area contributed by atoms with E-state index in [2.05, 4.69) is 66.4 Å². The maximum Gasteiger partial charge on any atom is 0.0880 e. The van der Waals surface area contributed by atoms with Crippen molar-refractivity contribution in [2.24, 2.45) is 10.3 Å². The van der Waals surface area contributed by atoms with E-state index < -0.39 is 0 Å². The Morgan fingerprint density at radius 2 is 1.59 bits per heavy atom. The molecule has 0 atom stereocenters. The number of hydrogen-bond acceptors (Lipinski definition) is 2. The summed E-state index contributed by atoms with van der Waals surface area (Å²) in [7, 11) is 0. The number of hydrogen-bond donors (Lipinski definition) is 0. The topological polar surface area (TPSA) is 28.0 Å². The van der Waals surface area contributed by atoms with Gasteiger partial charge in [-0.15, -0.1) is 5.11 Å². The smallest absolute Gasteiger partial charge is 0.0880 e. The molecule has 2 aromatic carbocycles. The van der Waals surface area contributed by atoms with E-state index in [4.69, 9.17) is 0 Å². The Kier molecular flexibility index (Phi) is 4.23. The van der Waals surface area contributed by atoms with E-state index in [1.54, 1.807) is 0 Å². The maximum atomic E-state index is 4.40. The molecular weight excluding hydrogens is 270 g/mol. The molecule has 0 aromatic heterocycles. The Hall–Kier alpha value is -2.16. The fraction of sp³-hybridized carbons (Fsp3) is 0.368. The molecule has 0 unspecified atom stereocenters. The normalized spacial score (nSPS) is 15.0. The van der Waals surface area contributed by atoms with Crippen LogP contribution in [-0.4, -0.2) is 18.1 Å². The van der Waals surface area contributed by atoms with Crippen molar-refractivity contribution < 1.29 is 0 Å². The molecule has 3 heteroatoms. The standard InChI is InChI=1S/C19H23N3/c1-14-11-15(2)19(16(3)12-14)17-7-6-8-18(13-17)20-21-22-9-4-5-10-22/h6-8,11-13H,4-5,9-10H2,1-3H3. The van der Waals surface area contributed by atoms with Gasteiger partial charge in [0.15, 0.2) is 0 Å². The van der Waals surface area contributed by atoms with Crippen LogP contribution in [0.2, 0.25) is 0 Å². The fourth-order valence-electron chi connectivity index (χ4n) is 3.26. The number of aryl methyl sites for hydroxylation is 3. The van der Waals surface area contributed by atoms with Gasteiger partial charge in [-0.3, -0.25) is 5.01 Å². The van der Waals surface area contributed by atoms with Crippen molar-refractivity contribution in [2.45, 2.75) is 33.6 Å². The second-order valence-electron chi connectivity index (χ2n) is 6.17. The van der Waals surface area contributed by atoms with Crippen LogP contribution in [0.25, 0.3) is 11.1 Å². The summed E-state index contributed by atoms with van der Waals surface area (Å²) in [5.41, 5.74) is 7.38. The number of nitrogens with zero attached hydrogens (tertiary/aromatic N) is 3. The minimum atomic E-state index is 0.920. The van der Waals surface area contributed by atoms with Gasteiger partial charge in [-0.1, -0.05) is 35.1 Å². The lowest BCUT2D eigenvalue weighted by atomic mass is 9.94. The van der Waals surface area contributed by atoms with Gasteiger partial charge in [-0.2, -0.15) is 0 Å². The molecule has 1 heterocycles. The summed E-state index contributed by atoms with van der Waals surface area (Å²) in [4.78, 5) is 0. The second-order valence-corrected chi connectivity index (χ2v) is 6.17. The van der Waals surface area contributed by atoms with Crippen LogP contribution in [0.1, 0.15) is 29.5 Å². The van der Waals surface area contributed by atoms with Gasteiger partial charge >= 0.3 is 0 Å². The van der Waals surface area contributed by atoms with Crippen LogP contribution in [0, 0.1) is 20.8 Å². The summed E-state index contributed by atoms with van der Waals surface area (Å²) in [6.45, 7) is 8.55. The third kappa shape index (κ3) is 3.19. The fourth-order valence-corrected chi connectivity index (χ4v) is 3.26. The van der Waals surface area contributed by atoms with Crippen LogP contribution in [0.4, 0.5) is 5.69 Å². The minimum Gasteiger partial charge on any atom is -0.278 e. The van der Waals surface area contributed by atoms with E-state index in [-0.39, 0.29) is 0 Å². The SMILES string of the molecule is Cc1cc(C)c(-c2cccc(N=NN3CCCC3)c2)c(C)c1. The first-order valence-corrected chi connectivity index (χ1v) is 7.98. The van der Waals surface area contributed by atoms with E-state index in [0.717, 1.165) is 18.8 Å². The van der Waals surface area contributed by atoms with E-state index in [1.807, 2.05) is 6.07 Å². The highest BCUT2D eigenvalue weighted by Gasteiger charge is 2.09. The second kappa shape index (κ2) is 6.30. The quantitative estimate of drug-likeness (QED) is 0.699. The average Bonchev–Trinajstić information content (AvgIpc) is 2.98. The van der Waals surface area contributed by atoms with Crippen molar-refractivity contribution in [3.63, 3.8) is 0 Å².